The SMILES string of the molecule is CN1CC[C@H](NC(=O)Cc2ccon2)[C@H]1c1ccc(F)c(F)c1. The molecule has 2 atom stereocenters. The van der Waals surface area contributed by atoms with Gasteiger partial charge in [0, 0.05) is 18.7 Å². The maximum atomic E-state index is 13.5. The molecule has 122 valence electrons. The summed E-state index contributed by atoms with van der Waals surface area (Å²) in [5, 5.41) is 6.66. The fourth-order valence-electron chi connectivity index (χ4n) is 3.03. The summed E-state index contributed by atoms with van der Waals surface area (Å²) in [6, 6.07) is 5.15. The Bertz CT molecular complexity index is 691. The van der Waals surface area contributed by atoms with Gasteiger partial charge in [0.2, 0.25) is 5.91 Å². The highest BCUT2D eigenvalue weighted by Gasteiger charge is 2.34. The predicted molar refractivity (Wildman–Crippen MR) is 78.5 cm³/mol. The molecular formula is C16H17F2N3O2. The van der Waals surface area contributed by atoms with Crippen LogP contribution in [0, 0.1) is 11.6 Å². The van der Waals surface area contributed by atoms with Crippen LogP contribution < -0.4 is 5.32 Å². The van der Waals surface area contributed by atoms with Gasteiger partial charge in [-0.25, -0.2) is 8.78 Å². The van der Waals surface area contributed by atoms with Crippen molar-refractivity contribution < 1.29 is 18.1 Å². The van der Waals surface area contributed by atoms with Crippen molar-refractivity contribution >= 4 is 5.91 Å². The van der Waals surface area contributed by atoms with E-state index in [0.717, 1.165) is 19.0 Å². The first kappa shape index (κ1) is 15.6. The van der Waals surface area contributed by atoms with Crippen LogP contribution in [0.5, 0.6) is 0 Å². The molecule has 0 bridgehead atoms. The van der Waals surface area contributed by atoms with Crippen molar-refractivity contribution in [3.8, 4) is 0 Å². The molecule has 1 saturated heterocycles. The van der Waals surface area contributed by atoms with Gasteiger partial charge >= 0.3 is 0 Å². The number of hydrogen-bond acceptors (Lipinski definition) is 4. The van der Waals surface area contributed by atoms with Gasteiger partial charge in [-0.1, -0.05) is 11.2 Å². The Labute approximate surface area is 132 Å². The summed E-state index contributed by atoms with van der Waals surface area (Å²) in [4.78, 5) is 14.1. The highest BCUT2D eigenvalue weighted by atomic mass is 19.2. The predicted octanol–water partition coefficient (Wildman–Crippen LogP) is 2.06. The summed E-state index contributed by atoms with van der Waals surface area (Å²) in [5.74, 6) is -1.93. The molecule has 0 unspecified atom stereocenters. The third-order valence-electron chi connectivity index (χ3n) is 4.11. The van der Waals surface area contributed by atoms with Gasteiger partial charge in [0.1, 0.15) is 6.26 Å². The molecule has 0 radical (unpaired) electrons. The molecule has 5 nitrogen and oxygen atoms in total. The lowest BCUT2D eigenvalue weighted by Gasteiger charge is -2.26. The number of nitrogens with zero attached hydrogens (tertiary/aromatic N) is 2. The van der Waals surface area contributed by atoms with Crippen molar-refractivity contribution in [2.45, 2.75) is 24.9 Å². The molecule has 2 heterocycles. The van der Waals surface area contributed by atoms with E-state index in [4.69, 9.17) is 4.52 Å². The third kappa shape index (κ3) is 3.39. The van der Waals surface area contributed by atoms with E-state index in [-0.39, 0.29) is 24.4 Å². The molecule has 1 aliphatic rings. The van der Waals surface area contributed by atoms with E-state index >= 15 is 0 Å². The molecule has 1 fully saturated rings. The molecule has 1 aromatic carbocycles. The lowest BCUT2D eigenvalue weighted by atomic mass is 9.99. The minimum absolute atomic E-state index is 0.126. The zero-order valence-electron chi connectivity index (χ0n) is 12.6. The Morgan fingerprint density at radius 3 is 2.91 bits per heavy atom. The van der Waals surface area contributed by atoms with Crippen LogP contribution >= 0.6 is 0 Å². The highest BCUT2D eigenvalue weighted by molar-refractivity contribution is 5.78. The molecule has 0 spiro atoms. The number of nitrogens with one attached hydrogen (secondary N) is 1. The second kappa shape index (κ2) is 6.45. The van der Waals surface area contributed by atoms with Crippen LogP contribution in [0.3, 0.4) is 0 Å². The molecule has 3 rings (SSSR count). The van der Waals surface area contributed by atoms with Gasteiger partial charge in [-0.3, -0.25) is 9.69 Å². The molecule has 23 heavy (non-hydrogen) atoms. The molecule has 2 aromatic rings. The number of rotatable bonds is 4. The first-order valence-corrected chi connectivity index (χ1v) is 7.38. The van der Waals surface area contributed by atoms with E-state index < -0.39 is 11.6 Å². The topological polar surface area (TPSA) is 58.4 Å². The van der Waals surface area contributed by atoms with Crippen molar-refractivity contribution in [2.24, 2.45) is 0 Å². The number of aromatic nitrogens is 1. The van der Waals surface area contributed by atoms with Crippen LogP contribution in [-0.4, -0.2) is 35.6 Å². The lowest BCUT2D eigenvalue weighted by molar-refractivity contribution is -0.121. The van der Waals surface area contributed by atoms with Gasteiger partial charge in [0.05, 0.1) is 18.2 Å². The number of benzene rings is 1. The van der Waals surface area contributed by atoms with E-state index in [9.17, 15) is 13.6 Å². The van der Waals surface area contributed by atoms with Crippen LogP contribution in [-0.2, 0) is 11.2 Å². The molecule has 7 heteroatoms. The largest absolute Gasteiger partial charge is 0.364 e. The average Bonchev–Trinajstić information content (AvgIpc) is 3.12. The highest BCUT2D eigenvalue weighted by Crippen LogP contribution is 2.31. The number of likely N-dealkylation sites (N-methyl/N-ethyl adjacent to an activating group) is 1. The minimum atomic E-state index is -0.879. The lowest BCUT2D eigenvalue weighted by Crippen LogP contribution is -2.39. The van der Waals surface area contributed by atoms with E-state index in [0.29, 0.717) is 11.3 Å². The number of hydrogen-bond donors (Lipinski definition) is 1. The molecule has 1 amide bonds. The standard InChI is InChI=1S/C16H17F2N3O2/c1-21-6-4-14(19-15(22)9-11-5-7-23-20-11)16(21)10-2-3-12(17)13(18)8-10/h2-3,5,7-8,14,16H,4,6,9H2,1H3,(H,19,22)/t14-,16+/m0/s1. The summed E-state index contributed by atoms with van der Waals surface area (Å²) in [6.07, 6.45) is 2.28. The molecule has 1 N–H and O–H groups in total. The van der Waals surface area contributed by atoms with Crippen molar-refractivity contribution in [2.75, 3.05) is 13.6 Å². The monoisotopic (exact) mass is 321 g/mol. The number of amides is 1. The molecular weight excluding hydrogens is 304 g/mol. The Kier molecular flexibility index (Phi) is 4.38. The van der Waals surface area contributed by atoms with E-state index in [1.165, 1.54) is 12.3 Å². The quantitative estimate of drug-likeness (QED) is 0.936. The van der Waals surface area contributed by atoms with E-state index in [1.807, 2.05) is 11.9 Å². The molecule has 1 aromatic heterocycles. The van der Waals surface area contributed by atoms with Crippen LogP contribution in [0.4, 0.5) is 8.78 Å². The minimum Gasteiger partial charge on any atom is -0.364 e. The van der Waals surface area contributed by atoms with Crippen molar-refractivity contribution in [1.29, 1.82) is 0 Å². The average molecular weight is 321 g/mol. The first-order chi connectivity index (χ1) is 11.0. The van der Waals surface area contributed by atoms with Crippen LogP contribution in [0.1, 0.15) is 23.7 Å². The van der Waals surface area contributed by atoms with Gasteiger partial charge in [-0.15, -0.1) is 0 Å². The molecule has 0 saturated carbocycles. The zero-order valence-corrected chi connectivity index (χ0v) is 12.6. The fourth-order valence-corrected chi connectivity index (χ4v) is 3.03. The van der Waals surface area contributed by atoms with Crippen molar-refractivity contribution in [3.05, 3.63) is 53.4 Å². The van der Waals surface area contributed by atoms with E-state index in [2.05, 4.69) is 10.5 Å². The Morgan fingerprint density at radius 2 is 2.22 bits per heavy atom. The first-order valence-electron chi connectivity index (χ1n) is 7.38. The second-order valence-electron chi connectivity index (χ2n) is 5.73. The fraction of sp³-hybridized carbons (Fsp3) is 0.375. The summed E-state index contributed by atoms with van der Waals surface area (Å²) in [6.45, 7) is 0.762. The Morgan fingerprint density at radius 1 is 1.39 bits per heavy atom. The number of carbonyl (C=O) groups is 1. The number of halogens is 2. The Balaban J connectivity index is 1.73. The summed E-state index contributed by atoms with van der Waals surface area (Å²) < 4.78 is 31.3. The maximum Gasteiger partial charge on any atom is 0.226 e. The van der Waals surface area contributed by atoms with Gasteiger partial charge < -0.3 is 9.84 Å². The van der Waals surface area contributed by atoms with Gasteiger partial charge in [0.15, 0.2) is 11.6 Å². The third-order valence-corrected chi connectivity index (χ3v) is 4.11. The number of likely N-dealkylation sites (tertiary alicyclic amines) is 1. The summed E-state index contributed by atoms with van der Waals surface area (Å²) in [7, 11) is 1.90. The van der Waals surface area contributed by atoms with Crippen LogP contribution in [0.25, 0.3) is 0 Å². The van der Waals surface area contributed by atoms with Gasteiger partial charge in [-0.05, 0) is 31.2 Å². The molecule has 1 aliphatic heterocycles. The summed E-state index contributed by atoms with van der Waals surface area (Å²) >= 11 is 0. The molecule has 0 aliphatic carbocycles. The maximum absolute atomic E-state index is 13.5. The summed E-state index contributed by atoms with van der Waals surface area (Å²) in [5.41, 5.74) is 1.20. The van der Waals surface area contributed by atoms with E-state index in [1.54, 1.807) is 12.1 Å². The van der Waals surface area contributed by atoms with Crippen LogP contribution in [0.2, 0.25) is 0 Å². The van der Waals surface area contributed by atoms with Crippen LogP contribution in [0.15, 0.2) is 35.1 Å². The second-order valence-corrected chi connectivity index (χ2v) is 5.73. The normalized spacial score (nSPS) is 21.5. The zero-order chi connectivity index (χ0) is 16.4. The van der Waals surface area contributed by atoms with Crippen molar-refractivity contribution in [1.82, 2.24) is 15.4 Å². The smallest absolute Gasteiger partial charge is 0.226 e. The van der Waals surface area contributed by atoms with Crippen molar-refractivity contribution in [3.63, 3.8) is 0 Å². The Hall–Kier alpha value is -2.28. The van der Waals surface area contributed by atoms with Gasteiger partial charge in [0.25, 0.3) is 0 Å². The van der Waals surface area contributed by atoms with Gasteiger partial charge in [-0.2, -0.15) is 0 Å². The number of carbonyl (C=O) groups excluding carboxylic acids is 1.